The first kappa shape index (κ1) is 13.9. The van der Waals surface area contributed by atoms with Crippen LogP contribution in [0.2, 0.25) is 0 Å². The highest BCUT2D eigenvalue weighted by Gasteiger charge is 2.10. The fraction of sp³-hybridized carbons (Fsp3) is 0.364. The number of halogens is 3. The van der Waals surface area contributed by atoms with Gasteiger partial charge in [-0.3, -0.25) is 4.79 Å². The van der Waals surface area contributed by atoms with Crippen LogP contribution in [0.25, 0.3) is 0 Å². The first-order valence-electron chi connectivity index (χ1n) is 5.02. The molecule has 1 rings (SSSR count). The summed E-state index contributed by atoms with van der Waals surface area (Å²) in [6, 6.07) is 1.89. The van der Waals surface area contributed by atoms with Crippen LogP contribution in [0.15, 0.2) is 16.6 Å². The summed E-state index contributed by atoms with van der Waals surface area (Å²) in [5.74, 6) is -1.57. The molecular formula is C11H12BrF2NO2. The zero-order valence-corrected chi connectivity index (χ0v) is 10.8. The van der Waals surface area contributed by atoms with E-state index in [0.717, 1.165) is 12.1 Å². The van der Waals surface area contributed by atoms with Gasteiger partial charge in [-0.15, -0.1) is 0 Å². The van der Waals surface area contributed by atoms with Crippen LogP contribution < -0.4 is 10.1 Å². The molecule has 0 fully saturated rings. The molecule has 1 amide bonds. The molecule has 94 valence electrons. The number of rotatable bonds is 5. The number of hydrogen-bond acceptors (Lipinski definition) is 2. The zero-order chi connectivity index (χ0) is 12.8. The van der Waals surface area contributed by atoms with Gasteiger partial charge in [-0.1, -0.05) is 0 Å². The van der Waals surface area contributed by atoms with Gasteiger partial charge < -0.3 is 10.1 Å². The Morgan fingerprint density at radius 2 is 2.18 bits per heavy atom. The third-order valence-electron chi connectivity index (χ3n) is 1.90. The molecule has 6 heteroatoms. The molecule has 0 saturated carbocycles. The molecule has 1 aromatic rings. The lowest BCUT2D eigenvalue weighted by Gasteiger charge is -2.09. The maximum Gasteiger partial charge on any atom is 0.216 e. The average Bonchev–Trinajstić information content (AvgIpc) is 2.20. The Bertz CT molecular complexity index is 389. The highest BCUT2D eigenvalue weighted by Crippen LogP contribution is 2.29. The summed E-state index contributed by atoms with van der Waals surface area (Å²) in [5.41, 5.74) is 0. The summed E-state index contributed by atoms with van der Waals surface area (Å²) in [5, 5.41) is 2.59. The van der Waals surface area contributed by atoms with Gasteiger partial charge in [0.2, 0.25) is 5.91 Å². The monoisotopic (exact) mass is 307 g/mol. The quantitative estimate of drug-likeness (QED) is 0.849. The van der Waals surface area contributed by atoms with Crippen molar-refractivity contribution in [2.45, 2.75) is 13.3 Å². The molecule has 0 aliphatic heterocycles. The van der Waals surface area contributed by atoms with Crippen LogP contribution >= 0.6 is 15.9 Å². The predicted molar refractivity (Wildman–Crippen MR) is 62.9 cm³/mol. The SMILES string of the molecule is CC(=O)NCCCOc1c(F)cc(F)cc1Br. The summed E-state index contributed by atoms with van der Waals surface area (Å²) < 4.78 is 31.4. The van der Waals surface area contributed by atoms with Gasteiger partial charge in [0.05, 0.1) is 11.1 Å². The fourth-order valence-electron chi connectivity index (χ4n) is 1.18. The Morgan fingerprint density at radius 3 is 2.76 bits per heavy atom. The fourth-order valence-corrected chi connectivity index (χ4v) is 1.70. The van der Waals surface area contributed by atoms with Crippen LogP contribution in [0.3, 0.4) is 0 Å². The summed E-state index contributed by atoms with van der Waals surface area (Å²) in [7, 11) is 0. The maximum atomic E-state index is 13.3. The first-order valence-corrected chi connectivity index (χ1v) is 5.82. The van der Waals surface area contributed by atoms with E-state index in [1.165, 1.54) is 6.92 Å². The second-order valence-corrected chi connectivity index (χ2v) is 4.24. The molecule has 1 aromatic carbocycles. The van der Waals surface area contributed by atoms with Crippen molar-refractivity contribution in [1.82, 2.24) is 5.32 Å². The van der Waals surface area contributed by atoms with Crippen molar-refractivity contribution in [2.24, 2.45) is 0 Å². The Kier molecular flexibility index (Phi) is 5.34. The van der Waals surface area contributed by atoms with Crippen molar-refractivity contribution in [2.75, 3.05) is 13.2 Å². The third-order valence-corrected chi connectivity index (χ3v) is 2.49. The molecule has 0 bridgehead atoms. The van der Waals surface area contributed by atoms with Gasteiger partial charge in [-0.2, -0.15) is 0 Å². The number of ether oxygens (including phenoxy) is 1. The van der Waals surface area contributed by atoms with Gasteiger partial charge in [0.25, 0.3) is 0 Å². The van der Waals surface area contributed by atoms with Gasteiger partial charge >= 0.3 is 0 Å². The first-order chi connectivity index (χ1) is 8.00. The minimum atomic E-state index is -0.753. The Balaban J connectivity index is 2.44. The summed E-state index contributed by atoms with van der Waals surface area (Å²) in [4.78, 5) is 10.6. The zero-order valence-electron chi connectivity index (χ0n) is 9.23. The number of amides is 1. The van der Waals surface area contributed by atoms with Crippen LogP contribution in [-0.2, 0) is 4.79 Å². The Hall–Kier alpha value is -1.17. The van der Waals surface area contributed by atoms with E-state index in [1.54, 1.807) is 0 Å². The topological polar surface area (TPSA) is 38.3 Å². The average molecular weight is 308 g/mol. The number of nitrogens with one attached hydrogen (secondary N) is 1. The van der Waals surface area contributed by atoms with Crippen LogP contribution in [0.5, 0.6) is 5.75 Å². The molecule has 0 atom stereocenters. The summed E-state index contributed by atoms with van der Waals surface area (Å²) in [6.07, 6.45) is 0.544. The standard InChI is InChI=1S/C11H12BrF2NO2/c1-7(16)15-3-2-4-17-11-9(12)5-8(13)6-10(11)14/h5-6H,2-4H2,1H3,(H,15,16). The molecule has 0 spiro atoms. The molecule has 0 unspecified atom stereocenters. The second-order valence-electron chi connectivity index (χ2n) is 3.38. The largest absolute Gasteiger partial charge is 0.489 e. The molecule has 0 saturated heterocycles. The van der Waals surface area contributed by atoms with Gasteiger partial charge in [0, 0.05) is 19.5 Å². The van der Waals surface area contributed by atoms with Crippen molar-refractivity contribution in [3.05, 3.63) is 28.2 Å². The molecule has 1 N–H and O–H groups in total. The van der Waals surface area contributed by atoms with Crippen LogP contribution in [0.1, 0.15) is 13.3 Å². The summed E-state index contributed by atoms with van der Waals surface area (Å²) >= 11 is 3.02. The van der Waals surface area contributed by atoms with Crippen LogP contribution in [0, 0.1) is 11.6 Å². The van der Waals surface area contributed by atoms with E-state index in [-0.39, 0.29) is 22.7 Å². The van der Waals surface area contributed by atoms with Crippen molar-refractivity contribution in [1.29, 1.82) is 0 Å². The molecule has 0 aromatic heterocycles. The highest BCUT2D eigenvalue weighted by atomic mass is 79.9. The minimum absolute atomic E-state index is 0.0192. The second kappa shape index (κ2) is 6.54. The lowest BCUT2D eigenvalue weighted by atomic mass is 10.3. The van der Waals surface area contributed by atoms with Crippen LogP contribution in [0.4, 0.5) is 8.78 Å². The van der Waals surface area contributed by atoms with Gasteiger partial charge in [0.15, 0.2) is 11.6 Å². The van der Waals surface area contributed by atoms with Crippen LogP contribution in [-0.4, -0.2) is 19.1 Å². The van der Waals surface area contributed by atoms with Crippen molar-refractivity contribution < 1.29 is 18.3 Å². The summed E-state index contributed by atoms with van der Waals surface area (Å²) in [6.45, 7) is 2.11. The molecular weight excluding hydrogens is 296 g/mol. The van der Waals surface area contributed by atoms with E-state index in [4.69, 9.17) is 4.74 Å². The number of carbonyl (C=O) groups is 1. The van der Waals surface area contributed by atoms with Gasteiger partial charge in [-0.05, 0) is 28.4 Å². The van der Waals surface area contributed by atoms with Crippen molar-refractivity contribution >= 4 is 21.8 Å². The van der Waals surface area contributed by atoms with Gasteiger partial charge in [-0.25, -0.2) is 8.78 Å². The van der Waals surface area contributed by atoms with E-state index >= 15 is 0 Å². The molecule has 0 aliphatic rings. The molecule has 0 aliphatic carbocycles. The number of benzene rings is 1. The van der Waals surface area contributed by atoms with Crippen molar-refractivity contribution in [3.63, 3.8) is 0 Å². The Morgan fingerprint density at radius 1 is 1.47 bits per heavy atom. The highest BCUT2D eigenvalue weighted by molar-refractivity contribution is 9.10. The van der Waals surface area contributed by atoms with E-state index in [9.17, 15) is 13.6 Å². The molecule has 3 nitrogen and oxygen atoms in total. The number of hydrogen-bond donors (Lipinski definition) is 1. The maximum absolute atomic E-state index is 13.3. The van der Waals surface area contributed by atoms with E-state index in [0.29, 0.717) is 13.0 Å². The molecule has 17 heavy (non-hydrogen) atoms. The third kappa shape index (κ3) is 4.68. The smallest absolute Gasteiger partial charge is 0.216 e. The molecule has 0 radical (unpaired) electrons. The molecule has 0 heterocycles. The lowest BCUT2D eigenvalue weighted by molar-refractivity contribution is -0.118. The predicted octanol–water partition coefficient (Wildman–Crippen LogP) is 2.63. The van der Waals surface area contributed by atoms with Gasteiger partial charge in [0.1, 0.15) is 5.82 Å². The van der Waals surface area contributed by atoms with E-state index < -0.39 is 11.6 Å². The number of carbonyl (C=O) groups excluding carboxylic acids is 1. The minimum Gasteiger partial charge on any atom is -0.489 e. The Labute approximate surface area is 106 Å². The van der Waals surface area contributed by atoms with E-state index in [2.05, 4.69) is 21.2 Å². The van der Waals surface area contributed by atoms with E-state index in [1.807, 2.05) is 0 Å². The lowest BCUT2D eigenvalue weighted by Crippen LogP contribution is -2.22. The van der Waals surface area contributed by atoms with Crippen molar-refractivity contribution in [3.8, 4) is 5.75 Å². The normalized spacial score (nSPS) is 10.1.